The molecule has 0 bridgehead atoms. The molecule has 4 rings (SSSR count). The zero-order valence-electron chi connectivity index (χ0n) is 15.2. The number of rotatable bonds is 2. The van der Waals surface area contributed by atoms with Crippen molar-refractivity contribution in [1.82, 2.24) is 24.9 Å². The molecule has 0 spiro atoms. The standard InChI is InChI=1S/C19H23N5O/c1-12-6-5-7-13(10-12)16-22-21-15-9-8-14(11-24(15)16)17-20-18(23-25-17)19(2,3)4/h5-7,10,14H,8-9,11H2,1-4H3. The van der Waals surface area contributed by atoms with Gasteiger partial charge in [-0.3, -0.25) is 0 Å². The number of aryl methyl sites for hydroxylation is 2. The SMILES string of the molecule is Cc1cccc(-c2nnc3n2CC(c2nc(C(C)(C)C)no2)CC3)c1. The van der Waals surface area contributed by atoms with Crippen LogP contribution in [0.3, 0.4) is 0 Å². The van der Waals surface area contributed by atoms with Gasteiger partial charge in [-0.2, -0.15) is 4.98 Å². The Morgan fingerprint density at radius 2 is 2.04 bits per heavy atom. The summed E-state index contributed by atoms with van der Waals surface area (Å²) in [6, 6.07) is 8.37. The molecule has 6 nitrogen and oxygen atoms in total. The number of nitrogens with zero attached hydrogens (tertiary/aromatic N) is 5. The van der Waals surface area contributed by atoms with Crippen LogP contribution in [0.15, 0.2) is 28.8 Å². The Labute approximate surface area is 147 Å². The zero-order chi connectivity index (χ0) is 17.6. The summed E-state index contributed by atoms with van der Waals surface area (Å²) in [6.45, 7) is 9.15. The van der Waals surface area contributed by atoms with Gasteiger partial charge in [-0.25, -0.2) is 0 Å². The molecule has 3 heterocycles. The topological polar surface area (TPSA) is 69.6 Å². The Balaban J connectivity index is 1.65. The van der Waals surface area contributed by atoms with Crippen molar-refractivity contribution in [3.8, 4) is 11.4 Å². The number of aromatic nitrogens is 5. The lowest BCUT2D eigenvalue weighted by molar-refractivity contribution is 0.311. The first-order valence-corrected chi connectivity index (χ1v) is 8.75. The highest BCUT2D eigenvalue weighted by Crippen LogP contribution is 2.32. The molecular formula is C19H23N5O. The van der Waals surface area contributed by atoms with Crippen LogP contribution in [-0.2, 0) is 18.4 Å². The smallest absolute Gasteiger partial charge is 0.231 e. The van der Waals surface area contributed by atoms with Crippen molar-refractivity contribution < 1.29 is 4.52 Å². The summed E-state index contributed by atoms with van der Waals surface area (Å²) in [6.07, 6.45) is 1.83. The molecule has 0 aliphatic carbocycles. The van der Waals surface area contributed by atoms with E-state index in [-0.39, 0.29) is 11.3 Å². The van der Waals surface area contributed by atoms with E-state index in [2.05, 4.69) is 76.9 Å². The maximum atomic E-state index is 5.57. The quantitative estimate of drug-likeness (QED) is 0.713. The number of fused-ring (bicyclic) bond motifs is 1. The Morgan fingerprint density at radius 1 is 1.20 bits per heavy atom. The fourth-order valence-electron chi connectivity index (χ4n) is 3.23. The summed E-state index contributed by atoms with van der Waals surface area (Å²) in [5.41, 5.74) is 2.21. The van der Waals surface area contributed by atoms with Crippen molar-refractivity contribution in [2.24, 2.45) is 0 Å². The molecule has 0 fully saturated rings. The number of hydrogen-bond acceptors (Lipinski definition) is 5. The maximum Gasteiger partial charge on any atom is 0.231 e. The second-order valence-electron chi connectivity index (χ2n) is 7.86. The zero-order valence-corrected chi connectivity index (χ0v) is 15.2. The van der Waals surface area contributed by atoms with Gasteiger partial charge in [-0.1, -0.05) is 49.7 Å². The summed E-state index contributed by atoms with van der Waals surface area (Å²) in [7, 11) is 0. The third-order valence-corrected chi connectivity index (χ3v) is 4.68. The van der Waals surface area contributed by atoms with Crippen LogP contribution in [-0.4, -0.2) is 24.9 Å². The minimum Gasteiger partial charge on any atom is -0.339 e. The minimum absolute atomic E-state index is 0.106. The number of hydrogen-bond donors (Lipinski definition) is 0. The second-order valence-corrected chi connectivity index (χ2v) is 7.86. The van der Waals surface area contributed by atoms with Crippen molar-refractivity contribution in [2.45, 2.75) is 58.4 Å². The molecule has 25 heavy (non-hydrogen) atoms. The molecule has 0 N–H and O–H groups in total. The van der Waals surface area contributed by atoms with Gasteiger partial charge < -0.3 is 9.09 Å². The Hall–Kier alpha value is -2.50. The molecule has 6 heteroatoms. The van der Waals surface area contributed by atoms with Gasteiger partial charge in [0, 0.05) is 23.9 Å². The van der Waals surface area contributed by atoms with E-state index in [1.807, 2.05) is 0 Å². The molecule has 0 amide bonds. The average Bonchev–Trinajstić information content (AvgIpc) is 3.21. The van der Waals surface area contributed by atoms with Crippen molar-refractivity contribution >= 4 is 0 Å². The van der Waals surface area contributed by atoms with Gasteiger partial charge in [0.2, 0.25) is 5.89 Å². The lowest BCUT2D eigenvalue weighted by Gasteiger charge is -2.21. The van der Waals surface area contributed by atoms with Crippen molar-refractivity contribution in [3.63, 3.8) is 0 Å². The van der Waals surface area contributed by atoms with E-state index in [0.717, 1.165) is 48.3 Å². The van der Waals surface area contributed by atoms with Crippen LogP contribution in [0.2, 0.25) is 0 Å². The highest BCUT2D eigenvalue weighted by molar-refractivity contribution is 5.56. The molecule has 0 radical (unpaired) electrons. The van der Waals surface area contributed by atoms with Gasteiger partial charge >= 0.3 is 0 Å². The van der Waals surface area contributed by atoms with E-state index < -0.39 is 0 Å². The van der Waals surface area contributed by atoms with Crippen molar-refractivity contribution in [2.75, 3.05) is 0 Å². The third kappa shape index (κ3) is 2.97. The lowest BCUT2D eigenvalue weighted by atomic mass is 9.95. The highest BCUT2D eigenvalue weighted by Gasteiger charge is 2.30. The monoisotopic (exact) mass is 337 g/mol. The summed E-state index contributed by atoms with van der Waals surface area (Å²) < 4.78 is 7.77. The first-order chi connectivity index (χ1) is 11.9. The summed E-state index contributed by atoms with van der Waals surface area (Å²) in [5.74, 6) is 3.63. The van der Waals surface area contributed by atoms with Crippen LogP contribution >= 0.6 is 0 Å². The van der Waals surface area contributed by atoms with Crippen LogP contribution in [0, 0.1) is 6.92 Å². The van der Waals surface area contributed by atoms with Crippen LogP contribution in [0.25, 0.3) is 11.4 Å². The molecule has 1 aliphatic heterocycles. The van der Waals surface area contributed by atoms with Crippen LogP contribution in [0.5, 0.6) is 0 Å². The predicted molar refractivity (Wildman–Crippen MR) is 94.3 cm³/mol. The van der Waals surface area contributed by atoms with Crippen molar-refractivity contribution in [3.05, 3.63) is 47.4 Å². The molecule has 3 aromatic rings. The lowest BCUT2D eigenvalue weighted by Crippen LogP contribution is -2.20. The molecule has 1 unspecified atom stereocenters. The van der Waals surface area contributed by atoms with E-state index in [4.69, 9.17) is 4.52 Å². The molecule has 0 saturated carbocycles. The van der Waals surface area contributed by atoms with Gasteiger partial charge in [0.15, 0.2) is 11.6 Å². The second kappa shape index (κ2) is 5.79. The van der Waals surface area contributed by atoms with E-state index in [9.17, 15) is 0 Å². The van der Waals surface area contributed by atoms with Gasteiger partial charge in [0.1, 0.15) is 5.82 Å². The molecule has 130 valence electrons. The van der Waals surface area contributed by atoms with Gasteiger partial charge in [0.05, 0.1) is 5.92 Å². The third-order valence-electron chi connectivity index (χ3n) is 4.68. The van der Waals surface area contributed by atoms with Crippen LogP contribution in [0.1, 0.15) is 56.2 Å². The average molecular weight is 337 g/mol. The van der Waals surface area contributed by atoms with Gasteiger partial charge in [0.25, 0.3) is 0 Å². The summed E-state index contributed by atoms with van der Waals surface area (Å²) >= 11 is 0. The first-order valence-electron chi connectivity index (χ1n) is 8.75. The Kier molecular flexibility index (Phi) is 3.71. The number of benzene rings is 1. The summed E-state index contributed by atoms with van der Waals surface area (Å²) in [5, 5.41) is 13.0. The largest absolute Gasteiger partial charge is 0.339 e. The fraction of sp³-hybridized carbons (Fsp3) is 0.474. The Morgan fingerprint density at radius 3 is 2.76 bits per heavy atom. The van der Waals surface area contributed by atoms with Crippen LogP contribution < -0.4 is 0 Å². The maximum absolute atomic E-state index is 5.57. The highest BCUT2D eigenvalue weighted by atomic mass is 16.5. The van der Waals surface area contributed by atoms with Gasteiger partial charge in [-0.05, 0) is 19.4 Å². The van der Waals surface area contributed by atoms with Gasteiger partial charge in [-0.15, -0.1) is 10.2 Å². The summed E-state index contributed by atoms with van der Waals surface area (Å²) in [4.78, 5) is 4.65. The van der Waals surface area contributed by atoms with E-state index >= 15 is 0 Å². The minimum atomic E-state index is -0.106. The molecule has 1 aliphatic rings. The molecule has 1 aromatic carbocycles. The first kappa shape index (κ1) is 16.0. The van der Waals surface area contributed by atoms with E-state index in [1.165, 1.54) is 5.56 Å². The fourth-order valence-corrected chi connectivity index (χ4v) is 3.23. The van der Waals surface area contributed by atoms with Crippen LogP contribution in [0.4, 0.5) is 0 Å². The van der Waals surface area contributed by atoms with Crippen molar-refractivity contribution in [1.29, 1.82) is 0 Å². The molecule has 2 aromatic heterocycles. The predicted octanol–water partition coefficient (Wildman–Crippen LogP) is 3.66. The van der Waals surface area contributed by atoms with E-state index in [0.29, 0.717) is 0 Å². The van der Waals surface area contributed by atoms with E-state index in [1.54, 1.807) is 0 Å². The molecule has 0 saturated heterocycles. The Bertz CT molecular complexity index is 903. The normalized spacial score (nSPS) is 17.5. The molecular weight excluding hydrogens is 314 g/mol. The molecule has 1 atom stereocenters.